The minimum atomic E-state index is -0.548. The van der Waals surface area contributed by atoms with Gasteiger partial charge in [-0.15, -0.1) is 0 Å². The topological polar surface area (TPSA) is 58.6 Å². The highest BCUT2D eigenvalue weighted by Crippen LogP contribution is 2.19. The van der Waals surface area contributed by atoms with E-state index < -0.39 is 6.04 Å². The van der Waals surface area contributed by atoms with E-state index in [1.165, 1.54) is 0 Å². The number of rotatable bonds is 8. The smallest absolute Gasteiger partial charge is 0.243 e. The lowest BCUT2D eigenvalue weighted by atomic mass is 10.0. The molecule has 0 aliphatic heterocycles. The first-order chi connectivity index (χ1) is 14.1. The minimum absolute atomic E-state index is 0.0717. The van der Waals surface area contributed by atoms with Crippen molar-refractivity contribution in [3.8, 4) is 5.75 Å². The summed E-state index contributed by atoms with van der Waals surface area (Å²) >= 11 is 0. The molecule has 2 amide bonds. The van der Waals surface area contributed by atoms with Gasteiger partial charge in [0, 0.05) is 12.1 Å². The number of hydrogen-bond donors (Lipinski definition) is 1. The van der Waals surface area contributed by atoms with Crippen molar-refractivity contribution in [2.45, 2.75) is 65.6 Å². The molecule has 30 heavy (non-hydrogen) atoms. The van der Waals surface area contributed by atoms with Crippen molar-refractivity contribution in [1.82, 2.24) is 10.2 Å². The van der Waals surface area contributed by atoms with E-state index in [1.807, 2.05) is 83.1 Å². The SMILES string of the molecule is CCC(C(=O)NC(C)(C)C)N(Cc1cccc(OC)c1)C(=O)Cc1ccc(C)cc1. The summed E-state index contributed by atoms with van der Waals surface area (Å²) in [7, 11) is 1.62. The van der Waals surface area contributed by atoms with Crippen LogP contribution >= 0.6 is 0 Å². The van der Waals surface area contributed by atoms with Crippen LogP contribution < -0.4 is 10.1 Å². The zero-order valence-electron chi connectivity index (χ0n) is 19.0. The van der Waals surface area contributed by atoms with E-state index in [9.17, 15) is 9.59 Å². The molecule has 0 saturated carbocycles. The molecule has 1 N–H and O–H groups in total. The van der Waals surface area contributed by atoms with E-state index in [0.717, 1.165) is 22.4 Å². The number of nitrogens with zero attached hydrogens (tertiary/aromatic N) is 1. The number of amides is 2. The molecular formula is C25H34N2O3. The fourth-order valence-corrected chi connectivity index (χ4v) is 3.32. The number of aryl methyl sites for hydroxylation is 1. The lowest BCUT2D eigenvalue weighted by Gasteiger charge is -2.33. The Balaban J connectivity index is 2.32. The first-order valence-electron chi connectivity index (χ1n) is 10.4. The summed E-state index contributed by atoms with van der Waals surface area (Å²) in [6, 6.07) is 15.0. The lowest BCUT2D eigenvalue weighted by molar-refractivity contribution is -0.141. The van der Waals surface area contributed by atoms with Crippen molar-refractivity contribution in [2.24, 2.45) is 0 Å². The maximum atomic E-state index is 13.3. The van der Waals surface area contributed by atoms with Gasteiger partial charge in [0.05, 0.1) is 13.5 Å². The number of methoxy groups -OCH3 is 1. The van der Waals surface area contributed by atoms with Gasteiger partial charge in [-0.3, -0.25) is 9.59 Å². The minimum Gasteiger partial charge on any atom is -0.497 e. The van der Waals surface area contributed by atoms with E-state index in [1.54, 1.807) is 12.0 Å². The van der Waals surface area contributed by atoms with Crippen molar-refractivity contribution < 1.29 is 14.3 Å². The van der Waals surface area contributed by atoms with Crippen molar-refractivity contribution in [1.29, 1.82) is 0 Å². The molecule has 5 heteroatoms. The average molecular weight is 411 g/mol. The predicted molar refractivity (Wildman–Crippen MR) is 120 cm³/mol. The van der Waals surface area contributed by atoms with E-state index in [2.05, 4.69) is 5.32 Å². The second-order valence-corrected chi connectivity index (χ2v) is 8.70. The molecule has 0 saturated heterocycles. The molecule has 0 aromatic heterocycles. The molecule has 1 atom stereocenters. The Hall–Kier alpha value is -2.82. The van der Waals surface area contributed by atoms with Gasteiger partial charge >= 0.3 is 0 Å². The molecule has 0 radical (unpaired) electrons. The standard InChI is InChI=1S/C25H34N2O3/c1-7-22(24(29)26-25(3,4)5)27(17-20-9-8-10-21(15-20)30-6)23(28)16-19-13-11-18(2)12-14-19/h8-15,22H,7,16-17H2,1-6H3,(H,26,29). The number of carbonyl (C=O) groups is 2. The summed E-state index contributed by atoms with van der Waals surface area (Å²) in [6.07, 6.45) is 0.787. The van der Waals surface area contributed by atoms with Gasteiger partial charge in [-0.25, -0.2) is 0 Å². The molecule has 162 valence electrons. The highest BCUT2D eigenvalue weighted by molar-refractivity contribution is 5.88. The van der Waals surface area contributed by atoms with Gasteiger partial charge in [0.1, 0.15) is 11.8 Å². The first kappa shape index (κ1) is 23.5. The number of hydrogen-bond acceptors (Lipinski definition) is 3. The predicted octanol–water partition coefficient (Wildman–Crippen LogP) is 4.27. The van der Waals surface area contributed by atoms with Crippen LogP contribution in [0, 0.1) is 6.92 Å². The van der Waals surface area contributed by atoms with Crippen molar-refractivity contribution in [3.63, 3.8) is 0 Å². The number of ether oxygens (including phenoxy) is 1. The van der Waals surface area contributed by atoms with Gasteiger partial charge in [0.25, 0.3) is 0 Å². The normalized spacial score (nSPS) is 12.2. The van der Waals surface area contributed by atoms with Gasteiger partial charge in [-0.1, -0.05) is 48.9 Å². The Labute approximate surface area is 180 Å². The van der Waals surface area contributed by atoms with Crippen LogP contribution in [0.1, 0.15) is 50.8 Å². The van der Waals surface area contributed by atoms with E-state index in [4.69, 9.17) is 4.74 Å². The van der Waals surface area contributed by atoms with Crippen molar-refractivity contribution >= 4 is 11.8 Å². The van der Waals surface area contributed by atoms with Crippen LogP contribution in [0.3, 0.4) is 0 Å². The third-order valence-corrected chi connectivity index (χ3v) is 4.85. The van der Waals surface area contributed by atoms with Crippen LogP contribution in [0.2, 0.25) is 0 Å². The summed E-state index contributed by atoms with van der Waals surface area (Å²) in [5, 5.41) is 3.03. The van der Waals surface area contributed by atoms with Crippen molar-refractivity contribution in [2.75, 3.05) is 7.11 Å². The molecule has 5 nitrogen and oxygen atoms in total. The summed E-state index contributed by atoms with van der Waals surface area (Å²) < 4.78 is 5.32. The quantitative estimate of drug-likeness (QED) is 0.707. The van der Waals surface area contributed by atoms with E-state index >= 15 is 0 Å². The van der Waals surface area contributed by atoms with Gasteiger partial charge in [-0.2, -0.15) is 0 Å². The largest absolute Gasteiger partial charge is 0.497 e. The van der Waals surface area contributed by atoms with E-state index in [-0.39, 0.29) is 23.8 Å². The number of carbonyl (C=O) groups excluding carboxylic acids is 2. The maximum Gasteiger partial charge on any atom is 0.243 e. The van der Waals surface area contributed by atoms with Crippen LogP contribution in [-0.4, -0.2) is 35.4 Å². The first-order valence-corrected chi connectivity index (χ1v) is 10.4. The average Bonchev–Trinajstić information content (AvgIpc) is 2.68. The molecule has 2 aromatic rings. The Kier molecular flexibility index (Phi) is 8.04. The zero-order valence-corrected chi connectivity index (χ0v) is 19.0. The van der Waals surface area contributed by atoms with E-state index in [0.29, 0.717) is 13.0 Å². The second-order valence-electron chi connectivity index (χ2n) is 8.70. The molecule has 0 fully saturated rings. The maximum absolute atomic E-state index is 13.3. The summed E-state index contributed by atoms with van der Waals surface area (Å²) in [6.45, 7) is 10.1. The molecular weight excluding hydrogens is 376 g/mol. The van der Waals surface area contributed by atoms with Crippen LogP contribution in [0.25, 0.3) is 0 Å². The second kappa shape index (κ2) is 10.3. The summed E-state index contributed by atoms with van der Waals surface area (Å²) in [4.78, 5) is 28.0. The van der Waals surface area contributed by atoms with Gasteiger partial charge < -0.3 is 15.0 Å². The molecule has 0 aliphatic rings. The summed E-state index contributed by atoms with van der Waals surface area (Å²) in [5.74, 6) is 0.522. The van der Waals surface area contributed by atoms with Crippen molar-refractivity contribution in [3.05, 3.63) is 65.2 Å². The highest BCUT2D eigenvalue weighted by Gasteiger charge is 2.30. The van der Waals surface area contributed by atoms with Gasteiger partial charge in [0.15, 0.2) is 0 Å². The molecule has 2 aromatic carbocycles. The van der Waals surface area contributed by atoms with Gasteiger partial charge in [0.2, 0.25) is 11.8 Å². The Morgan fingerprint density at radius 3 is 2.30 bits per heavy atom. The molecule has 0 bridgehead atoms. The fraction of sp³-hybridized carbons (Fsp3) is 0.440. The molecule has 0 spiro atoms. The number of nitrogens with one attached hydrogen (secondary N) is 1. The molecule has 0 heterocycles. The Bertz CT molecular complexity index is 853. The Morgan fingerprint density at radius 2 is 1.73 bits per heavy atom. The zero-order chi connectivity index (χ0) is 22.3. The molecule has 1 unspecified atom stereocenters. The highest BCUT2D eigenvalue weighted by atomic mass is 16.5. The third-order valence-electron chi connectivity index (χ3n) is 4.85. The fourth-order valence-electron chi connectivity index (χ4n) is 3.32. The molecule has 0 aliphatic carbocycles. The molecule has 2 rings (SSSR count). The summed E-state index contributed by atoms with van der Waals surface area (Å²) in [5.41, 5.74) is 2.64. The van der Waals surface area contributed by atoms with Crippen LogP contribution in [0.5, 0.6) is 5.75 Å². The third kappa shape index (κ3) is 6.90. The Morgan fingerprint density at radius 1 is 1.07 bits per heavy atom. The van der Waals surface area contributed by atoms with Crippen LogP contribution in [-0.2, 0) is 22.6 Å². The monoisotopic (exact) mass is 410 g/mol. The lowest BCUT2D eigenvalue weighted by Crippen LogP contribution is -2.53. The van der Waals surface area contributed by atoms with Crippen LogP contribution in [0.4, 0.5) is 0 Å². The number of benzene rings is 2. The van der Waals surface area contributed by atoms with Crippen LogP contribution in [0.15, 0.2) is 48.5 Å². The van der Waals surface area contributed by atoms with Gasteiger partial charge in [-0.05, 0) is 57.4 Å².